The van der Waals surface area contributed by atoms with Gasteiger partial charge in [-0.2, -0.15) is 0 Å². The number of oxazole rings is 1. The van der Waals surface area contributed by atoms with E-state index in [2.05, 4.69) is 10.3 Å². The van der Waals surface area contributed by atoms with Crippen molar-refractivity contribution in [2.75, 3.05) is 19.4 Å². The summed E-state index contributed by atoms with van der Waals surface area (Å²) in [7, 11) is 3.45. The predicted molar refractivity (Wildman–Crippen MR) is 101 cm³/mol. The molecular weight excluding hydrogens is 350 g/mol. The standard InChI is InChI=1S/C19H19N3O3S/c1-12-17(21-19(25-12)15-5-4-10-26-15)18(24)20-14-8-6-13(7-9-14)11-16(23)22(2)3/h4-10H,11H2,1-3H3,(H,20,24). The summed E-state index contributed by atoms with van der Waals surface area (Å²) in [5.74, 6) is 0.617. The number of aryl methyl sites for hydroxylation is 1. The molecule has 0 atom stereocenters. The number of carbonyl (C=O) groups is 2. The summed E-state index contributed by atoms with van der Waals surface area (Å²) in [6.45, 7) is 1.72. The van der Waals surface area contributed by atoms with Crippen molar-refractivity contribution < 1.29 is 14.0 Å². The molecule has 0 saturated heterocycles. The Kier molecular flexibility index (Phi) is 5.18. The lowest BCUT2D eigenvalue weighted by Crippen LogP contribution is -2.23. The Morgan fingerprint density at radius 2 is 1.92 bits per heavy atom. The van der Waals surface area contributed by atoms with E-state index in [0.717, 1.165) is 10.4 Å². The van der Waals surface area contributed by atoms with E-state index in [4.69, 9.17) is 4.42 Å². The van der Waals surface area contributed by atoms with E-state index in [9.17, 15) is 9.59 Å². The normalized spacial score (nSPS) is 10.6. The maximum Gasteiger partial charge on any atom is 0.277 e. The molecule has 1 aromatic carbocycles. The lowest BCUT2D eigenvalue weighted by Gasteiger charge is -2.10. The van der Waals surface area contributed by atoms with Gasteiger partial charge in [-0.1, -0.05) is 18.2 Å². The average Bonchev–Trinajstić information content (AvgIpc) is 3.25. The third-order valence-electron chi connectivity index (χ3n) is 3.81. The number of rotatable bonds is 5. The molecule has 26 heavy (non-hydrogen) atoms. The van der Waals surface area contributed by atoms with Crippen LogP contribution in [0.25, 0.3) is 10.8 Å². The second-order valence-electron chi connectivity index (χ2n) is 6.02. The van der Waals surface area contributed by atoms with Gasteiger partial charge < -0.3 is 14.6 Å². The van der Waals surface area contributed by atoms with Crippen LogP contribution in [0.5, 0.6) is 0 Å². The Balaban J connectivity index is 1.69. The monoisotopic (exact) mass is 369 g/mol. The van der Waals surface area contributed by atoms with Gasteiger partial charge in [-0.05, 0) is 36.1 Å². The van der Waals surface area contributed by atoms with E-state index in [1.165, 1.54) is 11.3 Å². The number of nitrogens with one attached hydrogen (secondary N) is 1. The molecule has 0 unspecified atom stereocenters. The van der Waals surface area contributed by atoms with Crippen molar-refractivity contribution in [3.8, 4) is 10.8 Å². The lowest BCUT2D eigenvalue weighted by molar-refractivity contribution is -0.127. The van der Waals surface area contributed by atoms with E-state index in [0.29, 0.717) is 23.8 Å². The second kappa shape index (κ2) is 7.53. The summed E-state index contributed by atoms with van der Waals surface area (Å²) in [6, 6.07) is 11.0. The van der Waals surface area contributed by atoms with Crippen molar-refractivity contribution in [1.29, 1.82) is 0 Å². The van der Waals surface area contributed by atoms with Gasteiger partial charge in [0.15, 0.2) is 5.69 Å². The Bertz CT molecular complexity index is 912. The van der Waals surface area contributed by atoms with Gasteiger partial charge in [0.05, 0.1) is 11.3 Å². The molecular formula is C19H19N3O3S. The molecule has 1 N–H and O–H groups in total. The number of carbonyl (C=O) groups excluding carboxylic acids is 2. The lowest BCUT2D eigenvalue weighted by atomic mass is 10.1. The Labute approximate surface area is 155 Å². The number of thiophene rings is 1. The highest BCUT2D eigenvalue weighted by atomic mass is 32.1. The predicted octanol–water partition coefficient (Wildman–Crippen LogP) is 3.59. The first-order chi connectivity index (χ1) is 12.4. The van der Waals surface area contributed by atoms with Crippen LogP contribution in [0.2, 0.25) is 0 Å². The number of hydrogen-bond acceptors (Lipinski definition) is 5. The zero-order chi connectivity index (χ0) is 18.7. The van der Waals surface area contributed by atoms with Gasteiger partial charge in [0.2, 0.25) is 11.8 Å². The van der Waals surface area contributed by atoms with Crippen molar-refractivity contribution in [1.82, 2.24) is 9.88 Å². The summed E-state index contributed by atoms with van der Waals surface area (Å²) >= 11 is 1.50. The van der Waals surface area contributed by atoms with E-state index < -0.39 is 0 Å². The van der Waals surface area contributed by atoms with Crippen molar-refractivity contribution in [2.45, 2.75) is 13.3 Å². The molecule has 0 fully saturated rings. The molecule has 0 spiro atoms. The molecule has 3 aromatic rings. The van der Waals surface area contributed by atoms with Gasteiger partial charge in [-0.3, -0.25) is 9.59 Å². The van der Waals surface area contributed by atoms with Gasteiger partial charge in [0.25, 0.3) is 5.91 Å². The third kappa shape index (κ3) is 4.00. The molecule has 2 amide bonds. The van der Waals surface area contributed by atoms with Crippen molar-refractivity contribution in [3.05, 3.63) is 58.8 Å². The average molecular weight is 369 g/mol. The van der Waals surface area contributed by atoms with Crippen LogP contribution < -0.4 is 5.32 Å². The minimum absolute atomic E-state index is 0.0288. The number of likely N-dealkylation sites (N-methyl/N-ethyl adjacent to an activating group) is 1. The van der Waals surface area contributed by atoms with Crippen LogP contribution >= 0.6 is 11.3 Å². The Hall–Kier alpha value is -2.93. The fourth-order valence-corrected chi connectivity index (χ4v) is 2.99. The van der Waals surface area contributed by atoms with Gasteiger partial charge >= 0.3 is 0 Å². The Morgan fingerprint density at radius 3 is 2.54 bits per heavy atom. The minimum atomic E-state index is -0.328. The minimum Gasteiger partial charge on any atom is -0.440 e. The number of aromatic nitrogens is 1. The number of anilines is 1. The molecule has 0 aliphatic carbocycles. The topological polar surface area (TPSA) is 75.4 Å². The first-order valence-electron chi connectivity index (χ1n) is 8.06. The number of amides is 2. The van der Waals surface area contributed by atoms with Crippen LogP contribution in [0.15, 0.2) is 46.2 Å². The SMILES string of the molecule is Cc1oc(-c2cccs2)nc1C(=O)Nc1ccc(CC(=O)N(C)C)cc1. The molecule has 0 saturated carbocycles. The van der Waals surface area contributed by atoms with E-state index in [1.807, 2.05) is 29.6 Å². The first kappa shape index (κ1) is 17.9. The summed E-state index contributed by atoms with van der Waals surface area (Å²) in [4.78, 5) is 30.9. The summed E-state index contributed by atoms with van der Waals surface area (Å²) in [6.07, 6.45) is 0.327. The van der Waals surface area contributed by atoms with Crippen LogP contribution in [0.1, 0.15) is 21.8 Å². The van der Waals surface area contributed by atoms with Gasteiger partial charge in [-0.15, -0.1) is 11.3 Å². The maximum absolute atomic E-state index is 12.5. The molecule has 0 bridgehead atoms. The van der Waals surface area contributed by atoms with E-state index in [-0.39, 0.29) is 17.5 Å². The molecule has 6 nitrogen and oxygen atoms in total. The number of benzene rings is 1. The molecule has 2 aromatic heterocycles. The summed E-state index contributed by atoms with van der Waals surface area (Å²) in [5.41, 5.74) is 1.79. The summed E-state index contributed by atoms with van der Waals surface area (Å²) < 4.78 is 5.60. The highest BCUT2D eigenvalue weighted by Crippen LogP contribution is 2.26. The van der Waals surface area contributed by atoms with Crippen LogP contribution in [0.3, 0.4) is 0 Å². The smallest absolute Gasteiger partial charge is 0.277 e. The first-order valence-corrected chi connectivity index (χ1v) is 8.94. The fourth-order valence-electron chi connectivity index (χ4n) is 2.34. The van der Waals surface area contributed by atoms with Gasteiger partial charge in [0.1, 0.15) is 5.76 Å². The number of hydrogen-bond donors (Lipinski definition) is 1. The van der Waals surface area contributed by atoms with E-state index >= 15 is 0 Å². The van der Waals surface area contributed by atoms with E-state index in [1.54, 1.807) is 38.1 Å². The molecule has 0 aliphatic rings. The molecule has 3 rings (SSSR count). The largest absolute Gasteiger partial charge is 0.440 e. The highest BCUT2D eigenvalue weighted by Gasteiger charge is 2.18. The third-order valence-corrected chi connectivity index (χ3v) is 4.67. The molecule has 134 valence electrons. The molecule has 0 aliphatic heterocycles. The van der Waals surface area contributed by atoms with Crippen LogP contribution in [0, 0.1) is 6.92 Å². The van der Waals surface area contributed by atoms with Crippen molar-refractivity contribution >= 4 is 28.8 Å². The van der Waals surface area contributed by atoms with Gasteiger partial charge in [-0.25, -0.2) is 4.98 Å². The summed E-state index contributed by atoms with van der Waals surface area (Å²) in [5, 5.41) is 4.74. The van der Waals surface area contributed by atoms with Crippen LogP contribution in [0.4, 0.5) is 5.69 Å². The van der Waals surface area contributed by atoms with Gasteiger partial charge in [0, 0.05) is 19.8 Å². The zero-order valence-electron chi connectivity index (χ0n) is 14.8. The quantitative estimate of drug-likeness (QED) is 0.746. The van der Waals surface area contributed by atoms with Crippen molar-refractivity contribution in [3.63, 3.8) is 0 Å². The van der Waals surface area contributed by atoms with Crippen LogP contribution in [-0.2, 0) is 11.2 Å². The highest BCUT2D eigenvalue weighted by molar-refractivity contribution is 7.13. The zero-order valence-corrected chi connectivity index (χ0v) is 15.6. The van der Waals surface area contributed by atoms with Crippen molar-refractivity contribution in [2.24, 2.45) is 0 Å². The molecule has 7 heteroatoms. The molecule has 2 heterocycles. The van der Waals surface area contributed by atoms with Crippen LogP contribution in [-0.4, -0.2) is 35.8 Å². The second-order valence-corrected chi connectivity index (χ2v) is 6.96. The maximum atomic E-state index is 12.5. The molecule has 0 radical (unpaired) electrons. The Morgan fingerprint density at radius 1 is 1.19 bits per heavy atom. The fraction of sp³-hybridized carbons (Fsp3) is 0.211. The number of nitrogens with zero attached hydrogens (tertiary/aromatic N) is 2.